The van der Waals surface area contributed by atoms with Crippen molar-refractivity contribution in [3.8, 4) is 11.4 Å². The van der Waals surface area contributed by atoms with E-state index in [0.717, 1.165) is 10.6 Å². The lowest BCUT2D eigenvalue weighted by Crippen LogP contribution is -2.28. The third kappa shape index (κ3) is 3.40. The molecule has 1 fully saturated rings. The Morgan fingerprint density at radius 3 is 2.63 bits per heavy atom. The standard InChI is InChI=1S/C18H16F3N5O3S/c1-2-30(28,29)13-7-11(17(4-5-17)23-10-27)9-22-16(13)12-3-6-26-15(24-12)8-14(25-26)18(19,20)21/h3,6-10H,2,4-5H2,1H3,(H,23,27). The van der Waals surface area contributed by atoms with Crippen LogP contribution in [0.3, 0.4) is 0 Å². The number of amides is 1. The highest BCUT2D eigenvalue weighted by molar-refractivity contribution is 7.91. The van der Waals surface area contributed by atoms with Crippen LogP contribution in [0.15, 0.2) is 35.5 Å². The van der Waals surface area contributed by atoms with Crippen molar-refractivity contribution in [3.63, 3.8) is 0 Å². The van der Waals surface area contributed by atoms with Crippen LogP contribution >= 0.6 is 0 Å². The minimum atomic E-state index is -4.63. The normalized spacial score (nSPS) is 15.9. The van der Waals surface area contributed by atoms with Gasteiger partial charge >= 0.3 is 6.18 Å². The zero-order valence-electron chi connectivity index (χ0n) is 15.6. The van der Waals surface area contributed by atoms with Crippen molar-refractivity contribution in [3.05, 3.63) is 41.9 Å². The Balaban J connectivity index is 1.86. The van der Waals surface area contributed by atoms with Gasteiger partial charge in [0, 0.05) is 18.5 Å². The van der Waals surface area contributed by atoms with Crippen LogP contribution in [0.4, 0.5) is 13.2 Å². The van der Waals surface area contributed by atoms with Gasteiger partial charge in [-0.3, -0.25) is 9.78 Å². The first kappa shape index (κ1) is 20.3. The molecule has 8 nitrogen and oxygen atoms in total. The van der Waals surface area contributed by atoms with Gasteiger partial charge in [-0.25, -0.2) is 17.9 Å². The first-order chi connectivity index (χ1) is 14.1. The number of hydrogen-bond acceptors (Lipinski definition) is 6. The van der Waals surface area contributed by atoms with Gasteiger partial charge in [0.15, 0.2) is 21.2 Å². The summed E-state index contributed by atoms with van der Waals surface area (Å²) < 4.78 is 65.2. The third-order valence-corrected chi connectivity index (χ3v) is 6.80. The van der Waals surface area contributed by atoms with E-state index in [0.29, 0.717) is 24.8 Å². The summed E-state index contributed by atoms with van der Waals surface area (Å²) in [5, 5.41) is 6.13. The molecule has 3 heterocycles. The van der Waals surface area contributed by atoms with Gasteiger partial charge in [-0.05, 0) is 30.5 Å². The molecule has 30 heavy (non-hydrogen) atoms. The van der Waals surface area contributed by atoms with Crippen LogP contribution in [0.5, 0.6) is 0 Å². The molecule has 1 aliphatic carbocycles. The lowest BCUT2D eigenvalue weighted by atomic mass is 10.1. The molecule has 0 atom stereocenters. The highest BCUT2D eigenvalue weighted by Crippen LogP contribution is 2.46. The Bertz CT molecular complexity index is 1250. The van der Waals surface area contributed by atoms with Gasteiger partial charge in [0.05, 0.1) is 21.9 Å². The fourth-order valence-electron chi connectivity index (χ4n) is 3.20. The molecule has 0 unspecified atom stereocenters. The molecule has 3 aromatic rings. The van der Waals surface area contributed by atoms with Crippen LogP contribution in [-0.2, 0) is 26.3 Å². The van der Waals surface area contributed by atoms with Gasteiger partial charge in [0.2, 0.25) is 6.41 Å². The van der Waals surface area contributed by atoms with E-state index in [-0.39, 0.29) is 27.7 Å². The van der Waals surface area contributed by atoms with Crippen molar-refractivity contribution < 1.29 is 26.4 Å². The summed E-state index contributed by atoms with van der Waals surface area (Å²) in [6.45, 7) is 1.48. The van der Waals surface area contributed by atoms with E-state index in [2.05, 4.69) is 20.4 Å². The van der Waals surface area contributed by atoms with Crippen LogP contribution in [0, 0.1) is 0 Å². The number of hydrogen-bond donors (Lipinski definition) is 1. The van der Waals surface area contributed by atoms with Crippen molar-refractivity contribution in [2.75, 3.05) is 5.75 Å². The van der Waals surface area contributed by atoms with Crippen molar-refractivity contribution in [1.82, 2.24) is 24.9 Å². The van der Waals surface area contributed by atoms with E-state index in [9.17, 15) is 26.4 Å². The molecule has 12 heteroatoms. The Morgan fingerprint density at radius 1 is 1.30 bits per heavy atom. The number of halogens is 3. The maximum absolute atomic E-state index is 12.9. The summed E-state index contributed by atoms with van der Waals surface area (Å²) in [7, 11) is -3.74. The summed E-state index contributed by atoms with van der Waals surface area (Å²) in [6, 6.07) is 3.58. The monoisotopic (exact) mass is 439 g/mol. The zero-order valence-corrected chi connectivity index (χ0v) is 16.5. The van der Waals surface area contributed by atoms with E-state index in [1.807, 2.05) is 0 Å². The number of nitrogens with zero attached hydrogens (tertiary/aromatic N) is 4. The molecule has 1 N–H and O–H groups in total. The zero-order chi connectivity index (χ0) is 21.7. The Hall–Kier alpha value is -3.02. The van der Waals surface area contributed by atoms with Crippen LogP contribution in [0.25, 0.3) is 17.0 Å². The van der Waals surface area contributed by atoms with Crippen molar-refractivity contribution in [1.29, 1.82) is 0 Å². The number of carbonyl (C=O) groups is 1. The lowest BCUT2D eigenvalue weighted by molar-refractivity contribution is -0.141. The van der Waals surface area contributed by atoms with Gasteiger partial charge in [-0.1, -0.05) is 6.92 Å². The van der Waals surface area contributed by atoms with E-state index >= 15 is 0 Å². The molecular formula is C18H16F3N5O3S. The molecule has 1 saturated carbocycles. The molecule has 3 aromatic heterocycles. The molecule has 1 amide bonds. The summed E-state index contributed by atoms with van der Waals surface area (Å²) in [5.74, 6) is -0.202. The molecule has 0 aliphatic heterocycles. The van der Waals surface area contributed by atoms with E-state index in [1.165, 1.54) is 31.5 Å². The van der Waals surface area contributed by atoms with Gasteiger partial charge in [-0.15, -0.1) is 0 Å². The topological polar surface area (TPSA) is 106 Å². The van der Waals surface area contributed by atoms with Crippen molar-refractivity contribution >= 4 is 21.9 Å². The first-order valence-electron chi connectivity index (χ1n) is 8.98. The number of sulfone groups is 1. The minimum absolute atomic E-state index is 0.0276. The molecule has 0 spiro atoms. The SMILES string of the molecule is CCS(=O)(=O)c1cc(C2(NC=O)CC2)cnc1-c1ccn2nc(C(F)(F)F)cc2n1. The minimum Gasteiger partial charge on any atom is -0.349 e. The Labute approximate surface area is 169 Å². The van der Waals surface area contributed by atoms with Crippen molar-refractivity contribution in [2.45, 2.75) is 36.4 Å². The average Bonchev–Trinajstić information content (AvgIpc) is 3.35. The summed E-state index contributed by atoms with van der Waals surface area (Å²) in [6.07, 6.45) is -0.0494. The first-order valence-corrected chi connectivity index (χ1v) is 10.6. The predicted molar refractivity (Wildman–Crippen MR) is 99.1 cm³/mol. The fourth-order valence-corrected chi connectivity index (χ4v) is 4.26. The lowest BCUT2D eigenvalue weighted by Gasteiger charge is -2.17. The third-order valence-electron chi connectivity index (χ3n) is 5.06. The van der Waals surface area contributed by atoms with Crippen LogP contribution < -0.4 is 5.32 Å². The summed E-state index contributed by atoms with van der Waals surface area (Å²) in [4.78, 5) is 19.2. The number of rotatable bonds is 6. The molecule has 4 rings (SSSR count). The van der Waals surface area contributed by atoms with Crippen LogP contribution in [0.2, 0.25) is 0 Å². The number of aromatic nitrogens is 4. The van der Waals surface area contributed by atoms with Crippen LogP contribution in [0.1, 0.15) is 31.0 Å². The molecular weight excluding hydrogens is 423 g/mol. The fraction of sp³-hybridized carbons (Fsp3) is 0.333. The highest BCUT2D eigenvalue weighted by Gasteiger charge is 2.45. The summed E-state index contributed by atoms with van der Waals surface area (Å²) in [5.41, 5.74) is -1.16. The van der Waals surface area contributed by atoms with E-state index in [1.54, 1.807) is 0 Å². The molecule has 0 aromatic carbocycles. The molecule has 158 valence electrons. The number of alkyl halides is 3. The average molecular weight is 439 g/mol. The van der Waals surface area contributed by atoms with Gasteiger partial charge < -0.3 is 5.32 Å². The largest absolute Gasteiger partial charge is 0.435 e. The molecule has 1 aliphatic rings. The second-order valence-corrected chi connectivity index (χ2v) is 9.21. The maximum Gasteiger partial charge on any atom is 0.435 e. The quantitative estimate of drug-likeness (QED) is 0.591. The van der Waals surface area contributed by atoms with Gasteiger partial charge in [0.25, 0.3) is 0 Å². The van der Waals surface area contributed by atoms with E-state index in [4.69, 9.17) is 0 Å². The van der Waals surface area contributed by atoms with Crippen LogP contribution in [-0.4, -0.2) is 40.2 Å². The number of nitrogens with one attached hydrogen (secondary N) is 1. The number of pyridine rings is 1. The maximum atomic E-state index is 12.9. The summed E-state index contributed by atoms with van der Waals surface area (Å²) >= 11 is 0. The Kier molecular flexibility index (Phi) is 4.56. The smallest absolute Gasteiger partial charge is 0.349 e. The predicted octanol–water partition coefficient (Wildman–Crippen LogP) is 2.34. The number of carbonyl (C=O) groups excluding carboxylic acids is 1. The molecule has 0 saturated heterocycles. The van der Waals surface area contributed by atoms with Gasteiger partial charge in [0.1, 0.15) is 5.69 Å². The second-order valence-electron chi connectivity index (χ2n) is 6.96. The second kappa shape index (κ2) is 6.76. The molecule has 0 radical (unpaired) electrons. The molecule has 0 bridgehead atoms. The van der Waals surface area contributed by atoms with E-state index < -0.39 is 27.2 Å². The highest BCUT2D eigenvalue weighted by atomic mass is 32.2. The van der Waals surface area contributed by atoms with Crippen molar-refractivity contribution in [2.24, 2.45) is 0 Å². The number of fused-ring (bicyclic) bond motifs is 1. The van der Waals surface area contributed by atoms with Gasteiger partial charge in [-0.2, -0.15) is 18.3 Å². The Morgan fingerprint density at radius 2 is 2.03 bits per heavy atom.